The van der Waals surface area contributed by atoms with E-state index in [4.69, 9.17) is 4.74 Å². The Hall–Kier alpha value is -1.05. The Kier molecular flexibility index (Phi) is 16.0. The molecule has 3 fully saturated rings. The highest BCUT2D eigenvalue weighted by Crippen LogP contribution is 2.67. The summed E-state index contributed by atoms with van der Waals surface area (Å²) in [5, 5.41) is 0. The van der Waals surface area contributed by atoms with Crippen LogP contribution in [0.1, 0.15) is 202 Å². The molecule has 0 bridgehead atoms. The minimum absolute atomic E-state index is 0.0541. The molecule has 0 aliphatic heterocycles. The number of allylic oxidation sites excluding steroid dienone is 3. The minimum Gasteiger partial charge on any atom is -0.462 e. The third-order valence-corrected chi connectivity index (χ3v) is 14.2. The van der Waals surface area contributed by atoms with Gasteiger partial charge in [0.2, 0.25) is 0 Å². The molecule has 0 heterocycles. The van der Waals surface area contributed by atoms with Crippen LogP contribution in [0.5, 0.6) is 0 Å². The Balaban J connectivity index is 1.12. The van der Waals surface area contributed by atoms with E-state index in [1.807, 2.05) is 0 Å². The van der Waals surface area contributed by atoms with E-state index < -0.39 is 0 Å². The quantitative estimate of drug-likeness (QED) is 0.0534. The molecular formula is C45H78O2. The summed E-state index contributed by atoms with van der Waals surface area (Å²) in [5.41, 5.74) is 2.53. The van der Waals surface area contributed by atoms with Crippen molar-refractivity contribution < 1.29 is 9.53 Å². The molecule has 8 atom stereocenters. The van der Waals surface area contributed by atoms with Crippen LogP contribution >= 0.6 is 0 Å². The van der Waals surface area contributed by atoms with Crippen LogP contribution in [-0.2, 0) is 9.53 Å². The zero-order valence-corrected chi connectivity index (χ0v) is 32.3. The highest BCUT2D eigenvalue weighted by Gasteiger charge is 2.59. The zero-order valence-electron chi connectivity index (χ0n) is 32.3. The topological polar surface area (TPSA) is 26.3 Å². The summed E-state index contributed by atoms with van der Waals surface area (Å²) < 4.78 is 6.12. The Labute approximate surface area is 293 Å². The molecule has 4 rings (SSSR count). The monoisotopic (exact) mass is 652 g/mol. The normalized spacial score (nSPS) is 32.6. The van der Waals surface area contributed by atoms with Crippen molar-refractivity contribution in [3.63, 3.8) is 0 Å². The molecule has 0 unspecified atom stereocenters. The number of hydrogen-bond acceptors (Lipinski definition) is 2. The summed E-state index contributed by atoms with van der Waals surface area (Å²) in [5.74, 6) is 5.31. The number of rotatable bonds is 21. The molecule has 0 radical (unpaired) electrons. The first-order valence-corrected chi connectivity index (χ1v) is 21.2. The van der Waals surface area contributed by atoms with E-state index in [9.17, 15) is 4.79 Å². The molecule has 47 heavy (non-hydrogen) atoms. The van der Waals surface area contributed by atoms with Crippen LogP contribution < -0.4 is 0 Å². The summed E-state index contributed by atoms with van der Waals surface area (Å²) in [6.07, 6.45) is 39.5. The van der Waals surface area contributed by atoms with Crippen LogP contribution in [0.4, 0.5) is 0 Å². The van der Waals surface area contributed by atoms with Crippen LogP contribution in [0, 0.1) is 46.3 Å². The van der Waals surface area contributed by atoms with Crippen LogP contribution in [0.2, 0.25) is 0 Å². The molecule has 0 amide bonds. The first-order valence-electron chi connectivity index (χ1n) is 21.2. The van der Waals surface area contributed by atoms with Crippen LogP contribution in [-0.4, -0.2) is 12.1 Å². The first kappa shape index (κ1) is 38.7. The van der Waals surface area contributed by atoms with Gasteiger partial charge in [-0.3, -0.25) is 4.79 Å². The van der Waals surface area contributed by atoms with Gasteiger partial charge in [0.15, 0.2) is 0 Å². The molecular weight excluding hydrogens is 573 g/mol. The van der Waals surface area contributed by atoms with Crippen molar-refractivity contribution in [1.29, 1.82) is 0 Å². The number of esters is 1. The molecule has 270 valence electrons. The van der Waals surface area contributed by atoms with Crippen LogP contribution in [0.15, 0.2) is 23.8 Å². The number of unbranched alkanes of at least 4 members (excludes halogenated alkanes) is 11. The minimum atomic E-state index is 0.0541. The van der Waals surface area contributed by atoms with Gasteiger partial charge in [-0.05, 0) is 123 Å². The van der Waals surface area contributed by atoms with Crippen LogP contribution in [0.25, 0.3) is 0 Å². The average molecular weight is 652 g/mol. The second-order valence-electron chi connectivity index (χ2n) is 18.0. The van der Waals surface area contributed by atoms with E-state index >= 15 is 0 Å². The number of carbonyl (C=O) groups is 1. The molecule has 0 aromatic carbocycles. The van der Waals surface area contributed by atoms with Gasteiger partial charge in [-0.2, -0.15) is 0 Å². The zero-order chi connectivity index (χ0) is 33.7. The summed E-state index contributed by atoms with van der Waals surface area (Å²) in [6, 6.07) is 0. The number of hydrogen-bond donors (Lipinski definition) is 0. The maximum absolute atomic E-state index is 12.8. The lowest BCUT2D eigenvalue weighted by atomic mass is 9.47. The van der Waals surface area contributed by atoms with Crippen molar-refractivity contribution in [3.05, 3.63) is 23.8 Å². The SMILES string of the molecule is CCCCCCCC/C=C/CCCCCCC[13C](=O)O[C@H]1CC[C@@]2(C)C(=CC[C@H]3[C@@H]4CC[C@H]([C@H](C)CCCC(C)C)[C@@]4(C)CC[C@@H]32)C1. The molecule has 0 saturated heterocycles. The average Bonchev–Trinajstić information content (AvgIpc) is 3.40. The highest BCUT2D eigenvalue weighted by molar-refractivity contribution is 5.69. The predicted molar refractivity (Wildman–Crippen MR) is 202 cm³/mol. The maximum Gasteiger partial charge on any atom is 0.306 e. The molecule has 0 aromatic heterocycles. The Morgan fingerprint density at radius 1 is 0.809 bits per heavy atom. The molecule has 4 aliphatic carbocycles. The van der Waals surface area contributed by atoms with Gasteiger partial charge in [0, 0.05) is 12.8 Å². The van der Waals surface area contributed by atoms with Gasteiger partial charge in [-0.25, -0.2) is 0 Å². The fourth-order valence-electron chi connectivity index (χ4n) is 11.3. The van der Waals surface area contributed by atoms with Gasteiger partial charge in [-0.1, -0.05) is 136 Å². The van der Waals surface area contributed by atoms with Crippen molar-refractivity contribution in [3.8, 4) is 0 Å². The van der Waals surface area contributed by atoms with Crippen LogP contribution in [0.3, 0.4) is 0 Å². The second kappa shape index (κ2) is 19.4. The largest absolute Gasteiger partial charge is 0.462 e. The van der Waals surface area contributed by atoms with Crippen molar-refractivity contribution in [2.75, 3.05) is 0 Å². The van der Waals surface area contributed by atoms with Gasteiger partial charge in [-0.15, -0.1) is 0 Å². The maximum atomic E-state index is 12.8. The third-order valence-electron chi connectivity index (χ3n) is 14.2. The van der Waals surface area contributed by atoms with Crippen molar-refractivity contribution in [2.45, 2.75) is 208 Å². The van der Waals surface area contributed by atoms with E-state index in [-0.39, 0.29) is 12.1 Å². The fourth-order valence-corrected chi connectivity index (χ4v) is 11.3. The molecule has 4 aliphatic rings. The molecule has 0 N–H and O–H groups in total. The lowest BCUT2D eigenvalue weighted by Gasteiger charge is -2.58. The first-order chi connectivity index (χ1) is 22.7. The third kappa shape index (κ3) is 10.7. The van der Waals surface area contributed by atoms with Gasteiger partial charge in [0.05, 0.1) is 0 Å². The second-order valence-corrected chi connectivity index (χ2v) is 18.0. The lowest BCUT2D eigenvalue weighted by Crippen LogP contribution is -2.51. The van der Waals surface area contributed by atoms with Crippen molar-refractivity contribution in [1.82, 2.24) is 0 Å². The number of carbonyl (C=O) groups excluding carboxylic acids is 1. The molecule has 0 aromatic rings. The lowest BCUT2D eigenvalue weighted by molar-refractivity contribution is -0.151. The van der Waals surface area contributed by atoms with Gasteiger partial charge >= 0.3 is 5.97 Å². The Morgan fingerprint density at radius 3 is 2.19 bits per heavy atom. The summed E-state index contributed by atoms with van der Waals surface area (Å²) in [6.45, 7) is 14.9. The van der Waals surface area contributed by atoms with E-state index in [1.54, 1.807) is 5.57 Å². The van der Waals surface area contributed by atoms with Crippen molar-refractivity contribution >= 4 is 5.97 Å². The molecule has 3 saturated carbocycles. The predicted octanol–water partition coefficient (Wildman–Crippen LogP) is 14.0. The summed E-state index contributed by atoms with van der Waals surface area (Å²) in [4.78, 5) is 12.8. The van der Waals surface area contributed by atoms with E-state index in [0.717, 1.165) is 61.2 Å². The number of ether oxygens (including phenoxy) is 1. The Bertz CT molecular complexity index is 976. The standard InChI is InChI=1S/C45H78O2/c1-7-8-9-10-11-12-13-14-15-16-17-18-19-20-21-25-43(46)47-38-30-32-44(5)37(34-38)26-27-39-41-29-28-40(36(4)24-22-23-35(2)3)45(41,6)33-31-42(39)44/h14-15,26,35-36,38-42H,7-13,16-25,27-34H2,1-6H3/b15-14+/t36-,38+,39+,40-,41+,42+,44+,45-/m1/s1/i43+1. The van der Waals surface area contributed by atoms with E-state index in [0.29, 0.717) is 17.3 Å². The van der Waals surface area contributed by atoms with Gasteiger partial charge < -0.3 is 4.74 Å². The van der Waals surface area contributed by atoms with E-state index in [1.165, 1.54) is 128 Å². The van der Waals surface area contributed by atoms with Crippen molar-refractivity contribution in [2.24, 2.45) is 46.3 Å². The van der Waals surface area contributed by atoms with E-state index in [2.05, 4.69) is 59.8 Å². The Morgan fingerprint density at radius 2 is 1.49 bits per heavy atom. The molecule has 2 heteroatoms. The van der Waals surface area contributed by atoms with Gasteiger partial charge in [0.1, 0.15) is 6.10 Å². The summed E-state index contributed by atoms with van der Waals surface area (Å²) >= 11 is 0. The van der Waals surface area contributed by atoms with Gasteiger partial charge in [0.25, 0.3) is 0 Å². The molecule has 0 spiro atoms. The smallest absolute Gasteiger partial charge is 0.306 e. The number of fused-ring (bicyclic) bond motifs is 5. The fraction of sp³-hybridized carbons (Fsp3) is 0.889. The summed E-state index contributed by atoms with van der Waals surface area (Å²) in [7, 11) is 0. The highest BCUT2D eigenvalue weighted by atomic mass is 16.6. The molecule has 2 nitrogen and oxygen atoms in total.